The second-order valence-electron chi connectivity index (χ2n) is 8.15. The van der Waals surface area contributed by atoms with Gasteiger partial charge in [-0.1, -0.05) is 0 Å². The van der Waals surface area contributed by atoms with E-state index in [0.717, 1.165) is 12.1 Å². The Hall–Kier alpha value is -3.83. The van der Waals surface area contributed by atoms with Gasteiger partial charge >= 0.3 is 22.5 Å². The van der Waals surface area contributed by atoms with E-state index in [4.69, 9.17) is 8.57 Å². The molecule has 2 unspecified atom stereocenters. The Balaban J connectivity index is 1.19. The number of amides is 4. The van der Waals surface area contributed by atoms with Crippen molar-refractivity contribution in [1.29, 1.82) is 0 Å². The van der Waals surface area contributed by atoms with Crippen LogP contribution in [0, 0.1) is 11.9 Å². The molecule has 14 nitrogen and oxygen atoms in total. The number of carbonyl (C=O) groups is 2. The average molecular weight is 510 g/mol. The molecule has 2 atom stereocenters. The number of urea groups is 2. The van der Waals surface area contributed by atoms with Crippen LogP contribution in [0.25, 0.3) is 11.4 Å². The number of aromatic nitrogens is 4. The van der Waals surface area contributed by atoms with E-state index in [9.17, 15) is 26.8 Å². The van der Waals surface area contributed by atoms with Gasteiger partial charge in [0.1, 0.15) is 12.1 Å². The molecule has 6 heterocycles. The SMILES string of the molecule is O=C1N2CC(n3ccc(F)n3)=CC(C2)N1OS(=O)(=O)ON1C(=O)N2CC(n3ccc(F)n3)=CC1C2. The van der Waals surface area contributed by atoms with Gasteiger partial charge in [0.2, 0.25) is 11.9 Å². The molecule has 2 aromatic rings. The number of hydrogen-bond acceptors (Lipinski definition) is 8. The lowest BCUT2D eigenvalue weighted by atomic mass is 10.2. The Morgan fingerprint density at radius 1 is 0.800 bits per heavy atom. The highest BCUT2D eigenvalue weighted by atomic mass is 32.3. The monoisotopic (exact) mass is 510 g/mol. The molecule has 184 valence electrons. The van der Waals surface area contributed by atoms with Crippen LogP contribution in [0.1, 0.15) is 0 Å². The normalized spacial score (nSPS) is 23.9. The van der Waals surface area contributed by atoms with Crippen molar-refractivity contribution in [2.45, 2.75) is 12.1 Å². The summed E-state index contributed by atoms with van der Waals surface area (Å²) in [4.78, 5) is 27.9. The third kappa shape index (κ3) is 3.72. The lowest BCUT2D eigenvalue weighted by molar-refractivity contribution is -0.0723. The summed E-state index contributed by atoms with van der Waals surface area (Å²) in [6.45, 7) is 0.376. The van der Waals surface area contributed by atoms with Crippen LogP contribution in [0.4, 0.5) is 18.4 Å². The first-order valence-corrected chi connectivity index (χ1v) is 11.6. The fourth-order valence-electron chi connectivity index (χ4n) is 4.37. The third-order valence-corrected chi connectivity index (χ3v) is 6.54. The lowest BCUT2D eigenvalue weighted by Crippen LogP contribution is -2.40. The molecular formula is C18H16F2N8O6S. The number of halogens is 2. The van der Waals surface area contributed by atoms with Gasteiger partial charge in [-0.15, -0.1) is 18.8 Å². The molecule has 4 aliphatic heterocycles. The molecule has 0 spiro atoms. The number of hydrogen-bond donors (Lipinski definition) is 0. The van der Waals surface area contributed by atoms with E-state index >= 15 is 0 Å². The van der Waals surface area contributed by atoms with Crippen LogP contribution in [0.3, 0.4) is 0 Å². The first-order valence-electron chi connectivity index (χ1n) is 10.3. The summed E-state index contributed by atoms with van der Waals surface area (Å²) < 4.78 is 64.2. The van der Waals surface area contributed by atoms with Gasteiger partial charge in [0.05, 0.1) is 24.5 Å². The summed E-state index contributed by atoms with van der Waals surface area (Å²) in [6.07, 6.45) is 5.80. The number of carbonyl (C=O) groups excluding carboxylic acids is 2. The number of hydroxylamine groups is 4. The molecule has 2 fully saturated rings. The van der Waals surface area contributed by atoms with Gasteiger partial charge in [0, 0.05) is 37.6 Å². The van der Waals surface area contributed by atoms with E-state index in [0.29, 0.717) is 21.5 Å². The highest BCUT2D eigenvalue weighted by Crippen LogP contribution is 2.30. The summed E-state index contributed by atoms with van der Waals surface area (Å²) in [5.41, 5.74) is 0.902. The highest BCUT2D eigenvalue weighted by Gasteiger charge is 2.47. The first-order chi connectivity index (χ1) is 16.7. The minimum Gasteiger partial charge on any atom is -0.314 e. The molecule has 0 radical (unpaired) electrons. The Kier molecular flexibility index (Phi) is 4.70. The van der Waals surface area contributed by atoms with E-state index in [1.54, 1.807) is 0 Å². The molecule has 4 bridgehead atoms. The summed E-state index contributed by atoms with van der Waals surface area (Å²) in [7, 11) is -4.91. The molecule has 0 aliphatic carbocycles. The molecular weight excluding hydrogens is 494 g/mol. The maximum Gasteiger partial charge on any atom is 0.442 e. The van der Waals surface area contributed by atoms with Crippen LogP contribution in [0.2, 0.25) is 0 Å². The fourth-order valence-corrected chi connectivity index (χ4v) is 5.14. The first kappa shape index (κ1) is 21.7. The van der Waals surface area contributed by atoms with E-state index < -0.39 is 46.4 Å². The van der Waals surface area contributed by atoms with Crippen LogP contribution in [-0.2, 0) is 19.0 Å². The number of nitrogens with zero attached hydrogens (tertiary/aromatic N) is 8. The van der Waals surface area contributed by atoms with Crippen molar-refractivity contribution in [3.63, 3.8) is 0 Å². The summed E-state index contributed by atoms with van der Waals surface area (Å²) in [5, 5.41) is 8.53. The fraction of sp³-hybridized carbons (Fsp3) is 0.333. The molecule has 2 aromatic heterocycles. The minimum absolute atomic E-state index is 0.0560. The molecule has 4 aliphatic rings. The second kappa shape index (κ2) is 7.59. The van der Waals surface area contributed by atoms with Crippen molar-refractivity contribution < 1.29 is 35.4 Å². The van der Waals surface area contributed by atoms with Gasteiger partial charge in [0.25, 0.3) is 0 Å². The Morgan fingerprint density at radius 3 is 1.60 bits per heavy atom. The number of fused-ring (bicyclic) bond motifs is 4. The molecule has 17 heteroatoms. The zero-order valence-electron chi connectivity index (χ0n) is 17.6. The van der Waals surface area contributed by atoms with Crippen LogP contribution in [0.5, 0.6) is 0 Å². The summed E-state index contributed by atoms with van der Waals surface area (Å²) >= 11 is 0. The topological polar surface area (TPSA) is 135 Å². The lowest BCUT2D eigenvalue weighted by Gasteiger charge is -2.22. The summed E-state index contributed by atoms with van der Waals surface area (Å²) in [6, 6.07) is -0.865. The van der Waals surface area contributed by atoms with Crippen molar-refractivity contribution in [2.24, 2.45) is 0 Å². The van der Waals surface area contributed by atoms with Crippen LogP contribution in [-0.4, -0.2) is 98.2 Å². The van der Waals surface area contributed by atoms with Gasteiger partial charge in [-0.3, -0.25) is 0 Å². The Labute approximate surface area is 196 Å². The van der Waals surface area contributed by atoms with Gasteiger partial charge in [0.15, 0.2) is 0 Å². The van der Waals surface area contributed by atoms with Crippen molar-refractivity contribution >= 4 is 33.9 Å². The smallest absolute Gasteiger partial charge is 0.314 e. The van der Waals surface area contributed by atoms with Gasteiger partial charge in [-0.2, -0.15) is 27.3 Å². The number of rotatable bonds is 6. The van der Waals surface area contributed by atoms with Crippen molar-refractivity contribution in [3.05, 3.63) is 48.6 Å². The largest absolute Gasteiger partial charge is 0.442 e. The van der Waals surface area contributed by atoms with Crippen LogP contribution < -0.4 is 0 Å². The van der Waals surface area contributed by atoms with Crippen molar-refractivity contribution in [2.75, 3.05) is 26.2 Å². The highest BCUT2D eigenvalue weighted by molar-refractivity contribution is 7.81. The summed E-state index contributed by atoms with van der Waals surface area (Å²) in [5.74, 6) is -1.42. The van der Waals surface area contributed by atoms with Crippen LogP contribution >= 0.6 is 0 Å². The predicted octanol–water partition coefficient (Wildman–Crippen LogP) is 0.0874. The van der Waals surface area contributed by atoms with Crippen molar-refractivity contribution in [3.8, 4) is 0 Å². The molecule has 2 saturated heterocycles. The third-order valence-electron chi connectivity index (χ3n) is 5.86. The van der Waals surface area contributed by atoms with E-state index in [2.05, 4.69) is 10.2 Å². The van der Waals surface area contributed by atoms with Gasteiger partial charge in [-0.25, -0.2) is 19.0 Å². The van der Waals surface area contributed by atoms with Crippen molar-refractivity contribution in [1.82, 2.24) is 39.5 Å². The standard InChI is InChI=1S/C18H16F2N8O6S/c19-15-1-3-25(21-15)11-5-13-9-23(7-11)17(29)27(13)33-35(31,32)34-28-14-6-12(8-24(10-14)18(28)30)26-4-2-16(20)22-26/h1-6,13-14H,7-10H2. The second-order valence-corrected chi connectivity index (χ2v) is 9.27. The van der Waals surface area contributed by atoms with E-state index in [1.807, 2.05) is 0 Å². The molecule has 0 N–H and O–H groups in total. The Morgan fingerprint density at radius 2 is 1.23 bits per heavy atom. The zero-order chi connectivity index (χ0) is 24.5. The maximum absolute atomic E-state index is 13.3. The minimum atomic E-state index is -4.91. The zero-order valence-corrected chi connectivity index (χ0v) is 18.5. The van der Waals surface area contributed by atoms with E-state index in [1.165, 1.54) is 43.7 Å². The average Bonchev–Trinajstić information content (AvgIpc) is 3.55. The molecule has 35 heavy (non-hydrogen) atoms. The quantitative estimate of drug-likeness (QED) is 0.534. The van der Waals surface area contributed by atoms with Crippen LogP contribution in [0.15, 0.2) is 36.7 Å². The molecule has 0 saturated carbocycles. The van der Waals surface area contributed by atoms with Gasteiger partial charge in [-0.05, 0) is 12.2 Å². The molecule has 6 rings (SSSR count). The molecule has 4 amide bonds. The molecule has 0 aromatic carbocycles. The van der Waals surface area contributed by atoms with E-state index in [-0.39, 0.29) is 26.2 Å². The maximum atomic E-state index is 13.3. The van der Waals surface area contributed by atoms with Gasteiger partial charge < -0.3 is 9.80 Å². The Bertz CT molecular complexity index is 1300. The predicted molar refractivity (Wildman–Crippen MR) is 109 cm³/mol.